The number of rotatable bonds is 9. The zero-order valence-electron chi connectivity index (χ0n) is 12.0. The van der Waals surface area contributed by atoms with Crippen LogP contribution in [0.2, 0.25) is 0 Å². The minimum absolute atomic E-state index is 0.118. The topological polar surface area (TPSA) is 111 Å². The lowest BCUT2D eigenvalue weighted by Crippen LogP contribution is -2.26. The molecule has 22 heavy (non-hydrogen) atoms. The monoisotopic (exact) mass is 311 g/mol. The van der Waals surface area contributed by atoms with Crippen molar-refractivity contribution < 1.29 is 34.4 Å². The molecule has 8 nitrogen and oxygen atoms in total. The molecule has 0 heterocycles. The van der Waals surface area contributed by atoms with Crippen molar-refractivity contribution in [2.24, 2.45) is 0 Å². The molecule has 0 atom stereocenters. The lowest BCUT2D eigenvalue weighted by atomic mass is 10.1. The van der Waals surface area contributed by atoms with Crippen LogP contribution in [0.4, 0.5) is 0 Å². The summed E-state index contributed by atoms with van der Waals surface area (Å²) in [5.74, 6) is -2.73. The summed E-state index contributed by atoms with van der Waals surface area (Å²) < 4.78 is 0. The van der Waals surface area contributed by atoms with Gasteiger partial charge >= 0.3 is 11.9 Å². The highest BCUT2D eigenvalue weighted by atomic mass is 17.5. The van der Waals surface area contributed by atoms with E-state index in [-0.39, 0.29) is 17.5 Å². The largest absolute Gasteiger partial charge is 0.478 e. The standard InChI is InChI=1S/C14H17NO7/c1-2-3-4-9-12(16)20-22-21-15-13(17)10-7-5-6-8-11(10)14(18)19/h5-8H,2-4,9H2,1H3,(H,15,17)(H,18,19). The molecule has 0 aliphatic heterocycles. The van der Waals surface area contributed by atoms with Gasteiger partial charge in [0.15, 0.2) is 0 Å². The highest BCUT2D eigenvalue weighted by Gasteiger charge is 2.16. The molecule has 0 aliphatic carbocycles. The molecule has 1 aromatic rings. The Hall–Kier alpha value is -2.45. The van der Waals surface area contributed by atoms with Crippen LogP contribution in [0.5, 0.6) is 0 Å². The van der Waals surface area contributed by atoms with E-state index in [0.717, 1.165) is 12.8 Å². The zero-order chi connectivity index (χ0) is 16.4. The van der Waals surface area contributed by atoms with Crippen molar-refractivity contribution in [1.29, 1.82) is 0 Å². The average Bonchev–Trinajstić information content (AvgIpc) is 2.51. The SMILES string of the molecule is CCCCCC(=O)OOONC(=O)c1ccccc1C(=O)O. The molecule has 0 unspecified atom stereocenters. The van der Waals surface area contributed by atoms with Gasteiger partial charge in [0.05, 0.1) is 11.1 Å². The molecule has 2 N–H and O–H groups in total. The van der Waals surface area contributed by atoms with Gasteiger partial charge in [0.2, 0.25) is 0 Å². The molecule has 120 valence electrons. The minimum Gasteiger partial charge on any atom is -0.478 e. The summed E-state index contributed by atoms with van der Waals surface area (Å²) >= 11 is 0. The minimum atomic E-state index is -1.26. The van der Waals surface area contributed by atoms with E-state index < -0.39 is 17.8 Å². The van der Waals surface area contributed by atoms with Gasteiger partial charge in [0.1, 0.15) is 0 Å². The van der Waals surface area contributed by atoms with Gasteiger partial charge in [-0.25, -0.2) is 9.59 Å². The number of nitrogens with one attached hydrogen (secondary N) is 1. The van der Waals surface area contributed by atoms with Gasteiger partial charge in [0.25, 0.3) is 5.91 Å². The second-order valence-corrected chi connectivity index (χ2v) is 4.35. The van der Waals surface area contributed by atoms with E-state index in [1.54, 1.807) is 0 Å². The van der Waals surface area contributed by atoms with Crippen molar-refractivity contribution in [1.82, 2.24) is 5.48 Å². The maximum atomic E-state index is 11.7. The number of amides is 1. The normalized spacial score (nSPS) is 10.0. The Morgan fingerprint density at radius 3 is 2.45 bits per heavy atom. The molecule has 0 aliphatic rings. The Kier molecular flexibility index (Phi) is 7.58. The van der Waals surface area contributed by atoms with Crippen LogP contribution < -0.4 is 5.48 Å². The fraction of sp³-hybridized carbons (Fsp3) is 0.357. The summed E-state index contributed by atoms with van der Waals surface area (Å²) in [7, 11) is 0. The number of carbonyl (C=O) groups excluding carboxylic acids is 2. The molecule has 8 heteroatoms. The summed E-state index contributed by atoms with van der Waals surface area (Å²) in [5.41, 5.74) is 1.50. The Bertz CT molecular complexity index is 530. The number of hydrogen-bond donors (Lipinski definition) is 2. The smallest absolute Gasteiger partial charge is 0.345 e. The zero-order valence-corrected chi connectivity index (χ0v) is 12.0. The van der Waals surface area contributed by atoms with Crippen LogP contribution in [0.15, 0.2) is 24.3 Å². The Morgan fingerprint density at radius 1 is 1.14 bits per heavy atom. The summed E-state index contributed by atoms with van der Waals surface area (Å²) in [6.45, 7) is 2.00. The van der Waals surface area contributed by atoms with Crippen LogP contribution >= 0.6 is 0 Å². The first-order valence-corrected chi connectivity index (χ1v) is 6.72. The number of carboxylic acid groups (broad SMARTS) is 1. The molecule has 0 radical (unpaired) electrons. The fourth-order valence-electron chi connectivity index (χ4n) is 1.59. The van der Waals surface area contributed by atoms with Crippen LogP contribution in [-0.2, 0) is 19.7 Å². The first kappa shape index (κ1) is 17.6. The highest BCUT2D eigenvalue weighted by Crippen LogP contribution is 2.08. The molecule has 0 aromatic heterocycles. The molecule has 1 aromatic carbocycles. The van der Waals surface area contributed by atoms with Crippen molar-refractivity contribution in [3.05, 3.63) is 35.4 Å². The molecule has 1 amide bonds. The van der Waals surface area contributed by atoms with E-state index >= 15 is 0 Å². The van der Waals surface area contributed by atoms with E-state index in [1.165, 1.54) is 24.3 Å². The first-order chi connectivity index (χ1) is 10.6. The Labute approximate surface area is 126 Å². The number of aromatic carboxylic acids is 1. The molecule has 0 saturated heterocycles. The lowest BCUT2D eigenvalue weighted by molar-refractivity contribution is -0.503. The second-order valence-electron chi connectivity index (χ2n) is 4.35. The third-order valence-corrected chi connectivity index (χ3v) is 2.68. The second kappa shape index (κ2) is 9.48. The van der Waals surface area contributed by atoms with Crippen molar-refractivity contribution >= 4 is 17.8 Å². The number of unbranched alkanes of at least 4 members (excludes halogenated alkanes) is 2. The van der Waals surface area contributed by atoms with Crippen molar-refractivity contribution in [3.8, 4) is 0 Å². The van der Waals surface area contributed by atoms with Gasteiger partial charge in [-0.15, -0.1) is 0 Å². The molecular weight excluding hydrogens is 294 g/mol. The van der Waals surface area contributed by atoms with Crippen molar-refractivity contribution in [2.75, 3.05) is 0 Å². The number of benzene rings is 1. The van der Waals surface area contributed by atoms with Gasteiger partial charge in [-0.05, 0) is 18.6 Å². The molecular formula is C14H17NO7. The molecule has 1 rings (SSSR count). The third kappa shape index (κ3) is 5.90. The number of carboxylic acids is 1. The summed E-state index contributed by atoms with van der Waals surface area (Å²) in [4.78, 5) is 42.3. The van der Waals surface area contributed by atoms with E-state index in [1.807, 2.05) is 12.4 Å². The number of carbonyl (C=O) groups is 3. The molecule has 0 saturated carbocycles. The quantitative estimate of drug-likeness (QED) is 0.407. The van der Waals surface area contributed by atoms with Crippen molar-refractivity contribution in [2.45, 2.75) is 32.6 Å². The highest BCUT2D eigenvalue weighted by molar-refractivity contribution is 6.04. The van der Waals surface area contributed by atoms with E-state index in [0.29, 0.717) is 6.42 Å². The van der Waals surface area contributed by atoms with Gasteiger partial charge < -0.3 is 5.11 Å². The maximum Gasteiger partial charge on any atom is 0.345 e. The van der Waals surface area contributed by atoms with E-state index in [4.69, 9.17) is 5.11 Å². The summed E-state index contributed by atoms with van der Waals surface area (Å²) in [6, 6.07) is 5.55. The van der Waals surface area contributed by atoms with Crippen LogP contribution in [0.3, 0.4) is 0 Å². The van der Waals surface area contributed by atoms with Gasteiger partial charge in [-0.2, -0.15) is 5.48 Å². The Morgan fingerprint density at radius 2 is 1.82 bits per heavy atom. The van der Waals surface area contributed by atoms with E-state index in [9.17, 15) is 14.4 Å². The summed E-state index contributed by atoms with van der Waals surface area (Å²) in [6.07, 6.45) is 2.69. The average molecular weight is 311 g/mol. The van der Waals surface area contributed by atoms with E-state index in [2.05, 4.69) is 14.9 Å². The van der Waals surface area contributed by atoms with Crippen LogP contribution in [0.25, 0.3) is 0 Å². The lowest BCUT2D eigenvalue weighted by Gasteiger charge is -2.06. The molecule has 0 spiro atoms. The van der Waals surface area contributed by atoms with Gasteiger partial charge in [0, 0.05) is 11.5 Å². The predicted molar refractivity (Wildman–Crippen MR) is 73.3 cm³/mol. The Balaban J connectivity index is 2.35. The molecule has 0 fully saturated rings. The third-order valence-electron chi connectivity index (χ3n) is 2.68. The number of hydroxylamine groups is 1. The predicted octanol–water partition coefficient (Wildman–Crippen LogP) is 2.02. The van der Waals surface area contributed by atoms with Crippen LogP contribution in [-0.4, -0.2) is 23.0 Å². The fourth-order valence-corrected chi connectivity index (χ4v) is 1.59. The molecule has 0 bridgehead atoms. The van der Waals surface area contributed by atoms with Crippen molar-refractivity contribution in [3.63, 3.8) is 0 Å². The van der Waals surface area contributed by atoms with Crippen LogP contribution in [0.1, 0.15) is 53.3 Å². The maximum absolute atomic E-state index is 11.7. The van der Waals surface area contributed by atoms with Gasteiger partial charge in [-0.1, -0.05) is 36.9 Å². The van der Waals surface area contributed by atoms with Crippen LogP contribution in [0, 0.1) is 0 Å². The summed E-state index contributed by atoms with van der Waals surface area (Å²) in [5, 5.41) is 13.0. The van der Waals surface area contributed by atoms with Gasteiger partial charge in [-0.3, -0.25) is 9.68 Å². The first-order valence-electron chi connectivity index (χ1n) is 6.72. The number of hydrogen-bond acceptors (Lipinski definition) is 6.